The van der Waals surface area contributed by atoms with E-state index in [1.807, 2.05) is 0 Å². The largest absolute Gasteiger partial charge is 0.326 e. The van der Waals surface area contributed by atoms with Crippen LogP contribution in [0.25, 0.3) is 0 Å². The Kier molecular flexibility index (Phi) is 0.868. The van der Waals surface area contributed by atoms with Gasteiger partial charge in [-0.25, -0.2) is 0 Å². The van der Waals surface area contributed by atoms with Gasteiger partial charge in [-0.15, -0.1) is 0 Å². The van der Waals surface area contributed by atoms with Crippen LogP contribution in [-0.4, -0.2) is 18.6 Å². The van der Waals surface area contributed by atoms with Crippen molar-refractivity contribution in [1.82, 2.24) is 5.32 Å². The fourth-order valence-corrected chi connectivity index (χ4v) is 3.34. The van der Waals surface area contributed by atoms with E-state index in [9.17, 15) is 0 Å². The van der Waals surface area contributed by atoms with E-state index in [0.717, 1.165) is 17.8 Å². The summed E-state index contributed by atoms with van der Waals surface area (Å²) < 4.78 is 0. The fourth-order valence-electron chi connectivity index (χ4n) is 3.34. The number of fused-ring (bicyclic) bond motifs is 1. The lowest BCUT2D eigenvalue weighted by molar-refractivity contribution is 0.343. The first-order chi connectivity index (χ1) is 4.86. The molecule has 2 aliphatic carbocycles. The Bertz CT molecular complexity index is 167. The molecule has 10 heavy (non-hydrogen) atoms. The Morgan fingerprint density at radius 2 is 2.10 bits per heavy atom. The molecule has 5 unspecified atom stereocenters. The summed E-state index contributed by atoms with van der Waals surface area (Å²) >= 11 is 0. The van der Waals surface area contributed by atoms with Crippen molar-refractivity contribution < 1.29 is 0 Å². The molecule has 2 heteroatoms. The van der Waals surface area contributed by atoms with E-state index in [1.54, 1.807) is 0 Å². The van der Waals surface area contributed by atoms with E-state index in [-0.39, 0.29) is 0 Å². The quantitative estimate of drug-likeness (QED) is 0.492. The molecule has 2 nitrogen and oxygen atoms in total. The van der Waals surface area contributed by atoms with Gasteiger partial charge in [0.1, 0.15) is 0 Å². The van der Waals surface area contributed by atoms with Gasteiger partial charge in [-0.1, -0.05) is 0 Å². The summed E-state index contributed by atoms with van der Waals surface area (Å²) in [6.07, 6.45) is 2.83. The smallest absolute Gasteiger partial charge is 0.0253 e. The summed E-state index contributed by atoms with van der Waals surface area (Å²) in [5, 5.41) is 3.53. The Hall–Kier alpha value is -0.0800. The van der Waals surface area contributed by atoms with Gasteiger partial charge in [-0.2, -0.15) is 0 Å². The van der Waals surface area contributed by atoms with Crippen LogP contribution in [0.2, 0.25) is 0 Å². The summed E-state index contributed by atoms with van der Waals surface area (Å²) in [6.45, 7) is 1.25. The zero-order chi connectivity index (χ0) is 6.72. The average Bonchev–Trinajstić information content (AvgIpc) is 2.43. The Labute approximate surface area is 61.2 Å². The predicted octanol–water partition coefficient (Wildman–Crippen LogP) is -0.0585. The number of nitrogens with one attached hydrogen (secondary N) is 1. The summed E-state index contributed by atoms with van der Waals surface area (Å²) in [7, 11) is 0. The molecule has 56 valence electrons. The third kappa shape index (κ3) is 0.453. The molecule has 0 spiro atoms. The standard InChI is InChI=1S/C8H14N2/c9-7-4-1-5-3-10-8(7)6(5)2-4/h4-8,10H,1-3,9H2. The molecule has 1 saturated heterocycles. The number of nitrogens with two attached hydrogens (primary N) is 1. The van der Waals surface area contributed by atoms with E-state index >= 15 is 0 Å². The average molecular weight is 138 g/mol. The van der Waals surface area contributed by atoms with Crippen LogP contribution in [0.15, 0.2) is 0 Å². The first-order valence-corrected chi connectivity index (χ1v) is 4.35. The lowest BCUT2D eigenvalue weighted by atomic mass is 9.87. The summed E-state index contributed by atoms with van der Waals surface area (Å²) in [6, 6.07) is 1.19. The summed E-state index contributed by atoms with van der Waals surface area (Å²) in [4.78, 5) is 0. The van der Waals surface area contributed by atoms with E-state index < -0.39 is 0 Å². The highest BCUT2D eigenvalue weighted by molar-refractivity contribution is 5.11. The van der Waals surface area contributed by atoms with Gasteiger partial charge in [0.25, 0.3) is 0 Å². The molecule has 1 heterocycles. The van der Waals surface area contributed by atoms with E-state index in [4.69, 9.17) is 5.73 Å². The van der Waals surface area contributed by atoms with Gasteiger partial charge >= 0.3 is 0 Å². The summed E-state index contributed by atoms with van der Waals surface area (Å²) in [5.41, 5.74) is 6.04. The molecule has 0 amide bonds. The van der Waals surface area contributed by atoms with Crippen LogP contribution in [0.5, 0.6) is 0 Å². The highest BCUT2D eigenvalue weighted by atomic mass is 15.0. The van der Waals surface area contributed by atoms with Crippen LogP contribution in [0.3, 0.4) is 0 Å². The first-order valence-electron chi connectivity index (χ1n) is 4.35. The molecule has 3 rings (SSSR count). The molecular weight excluding hydrogens is 124 g/mol. The molecule has 0 aromatic heterocycles. The lowest BCUT2D eigenvalue weighted by Crippen LogP contribution is -2.43. The zero-order valence-corrected chi connectivity index (χ0v) is 6.09. The third-order valence-corrected chi connectivity index (χ3v) is 3.82. The van der Waals surface area contributed by atoms with E-state index in [1.165, 1.54) is 19.4 Å². The van der Waals surface area contributed by atoms with Gasteiger partial charge in [0.15, 0.2) is 0 Å². The second kappa shape index (κ2) is 1.56. The monoisotopic (exact) mass is 138 g/mol. The number of hydrogen-bond acceptors (Lipinski definition) is 2. The van der Waals surface area contributed by atoms with E-state index in [2.05, 4.69) is 5.32 Å². The molecule has 0 aromatic rings. The van der Waals surface area contributed by atoms with Crippen molar-refractivity contribution in [2.24, 2.45) is 23.5 Å². The summed E-state index contributed by atoms with van der Waals surface area (Å²) in [5.74, 6) is 2.82. The predicted molar refractivity (Wildman–Crippen MR) is 39.5 cm³/mol. The molecule has 0 radical (unpaired) electrons. The van der Waals surface area contributed by atoms with Crippen molar-refractivity contribution in [2.75, 3.05) is 6.54 Å². The molecule has 3 aliphatic rings. The molecule has 0 aromatic carbocycles. The first kappa shape index (κ1) is 5.56. The maximum absolute atomic E-state index is 6.04. The van der Waals surface area contributed by atoms with E-state index in [0.29, 0.717) is 12.1 Å². The van der Waals surface area contributed by atoms with Crippen molar-refractivity contribution in [2.45, 2.75) is 24.9 Å². The fraction of sp³-hybridized carbons (Fsp3) is 1.00. The van der Waals surface area contributed by atoms with Crippen LogP contribution >= 0.6 is 0 Å². The van der Waals surface area contributed by atoms with Crippen LogP contribution in [-0.2, 0) is 0 Å². The highest BCUT2D eigenvalue weighted by Crippen LogP contribution is 2.50. The van der Waals surface area contributed by atoms with Crippen LogP contribution in [0, 0.1) is 17.8 Å². The van der Waals surface area contributed by atoms with Crippen LogP contribution < -0.4 is 11.1 Å². The topological polar surface area (TPSA) is 38.0 Å². The highest BCUT2D eigenvalue weighted by Gasteiger charge is 2.54. The van der Waals surface area contributed by atoms with Crippen molar-refractivity contribution >= 4 is 0 Å². The van der Waals surface area contributed by atoms with Crippen LogP contribution in [0.4, 0.5) is 0 Å². The molecule has 2 bridgehead atoms. The molecule has 5 atom stereocenters. The van der Waals surface area contributed by atoms with Gasteiger partial charge < -0.3 is 11.1 Å². The molecule has 3 N–H and O–H groups in total. The maximum Gasteiger partial charge on any atom is 0.0253 e. The van der Waals surface area contributed by atoms with Gasteiger partial charge in [0.2, 0.25) is 0 Å². The number of hydrogen-bond donors (Lipinski definition) is 2. The van der Waals surface area contributed by atoms with Crippen molar-refractivity contribution in [3.63, 3.8) is 0 Å². The molecule has 3 fully saturated rings. The molecule has 1 aliphatic heterocycles. The Balaban J connectivity index is 2.00. The lowest BCUT2D eigenvalue weighted by Gasteiger charge is -2.23. The number of rotatable bonds is 0. The van der Waals surface area contributed by atoms with Gasteiger partial charge in [-0.05, 0) is 37.1 Å². The molecule has 2 saturated carbocycles. The minimum Gasteiger partial charge on any atom is -0.326 e. The minimum atomic E-state index is 0.490. The van der Waals surface area contributed by atoms with Gasteiger partial charge in [0, 0.05) is 12.1 Å². The van der Waals surface area contributed by atoms with Gasteiger partial charge in [0.05, 0.1) is 0 Å². The van der Waals surface area contributed by atoms with Crippen molar-refractivity contribution in [3.05, 3.63) is 0 Å². The van der Waals surface area contributed by atoms with Crippen molar-refractivity contribution in [1.29, 1.82) is 0 Å². The Morgan fingerprint density at radius 3 is 2.80 bits per heavy atom. The van der Waals surface area contributed by atoms with Gasteiger partial charge in [-0.3, -0.25) is 0 Å². The second-order valence-electron chi connectivity index (χ2n) is 4.17. The maximum atomic E-state index is 6.04. The minimum absolute atomic E-state index is 0.490. The van der Waals surface area contributed by atoms with Crippen molar-refractivity contribution in [3.8, 4) is 0 Å². The Morgan fingerprint density at radius 1 is 1.20 bits per heavy atom. The second-order valence-corrected chi connectivity index (χ2v) is 4.17. The van der Waals surface area contributed by atoms with Crippen LogP contribution in [0.1, 0.15) is 12.8 Å². The normalized spacial score (nSPS) is 63.9. The SMILES string of the molecule is NC1C2CC3CNC1C3C2. The third-order valence-electron chi connectivity index (χ3n) is 3.82. The molecular formula is C8H14N2. The zero-order valence-electron chi connectivity index (χ0n) is 6.09.